The highest BCUT2D eigenvalue weighted by atomic mass is 79.9. The van der Waals surface area contributed by atoms with Crippen molar-refractivity contribution in [2.45, 2.75) is 32.2 Å². The number of rotatable bonds is 4. The van der Waals surface area contributed by atoms with Crippen LogP contribution in [-0.2, 0) is 0 Å². The Hall–Kier alpha value is -0.840. The molecule has 1 aromatic rings. The van der Waals surface area contributed by atoms with Gasteiger partial charge in [0.05, 0.1) is 19.0 Å². The first-order valence-electron chi connectivity index (χ1n) is 6.12. The van der Waals surface area contributed by atoms with Crippen LogP contribution in [0.1, 0.15) is 26.2 Å². The van der Waals surface area contributed by atoms with Gasteiger partial charge in [-0.3, -0.25) is 4.98 Å². The molecule has 0 radical (unpaired) electrons. The molecule has 4 nitrogen and oxygen atoms in total. The van der Waals surface area contributed by atoms with E-state index in [1.165, 1.54) is 19.3 Å². The van der Waals surface area contributed by atoms with Gasteiger partial charge in [-0.2, -0.15) is 4.98 Å². The molecular weight excluding hydrogens is 282 g/mol. The maximum atomic E-state index is 5.39. The molecule has 0 spiro atoms. The molecule has 94 valence electrons. The summed E-state index contributed by atoms with van der Waals surface area (Å²) >= 11 is 3.58. The Kier molecular flexibility index (Phi) is 4.59. The van der Waals surface area contributed by atoms with Crippen molar-refractivity contribution in [1.82, 2.24) is 9.97 Å². The van der Waals surface area contributed by atoms with E-state index in [4.69, 9.17) is 4.74 Å². The molecule has 5 heteroatoms. The molecule has 0 bridgehead atoms. The summed E-state index contributed by atoms with van der Waals surface area (Å²) in [6, 6.07) is 0.523. The summed E-state index contributed by atoms with van der Waals surface area (Å²) in [7, 11) is 0. The van der Waals surface area contributed by atoms with Crippen LogP contribution in [0.4, 0.5) is 5.82 Å². The van der Waals surface area contributed by atoms with Gasteiger partial charge in [-0.15, -0.1) is 0 Å². The van der Waals surface area contributed by atoms with E-state index in [1.807, 2.05) is 13.1 Å². The van der Waals surface area contributed by atoms with Gasteiger partial charge < -0.3 is 9.64 Å². The Morgan fingerprint density at radius 2 is 2.35 bits per heavy atom. The van der Waals surface area contributed by atoms with Gasteiger partial charge in [-0.25, -0.2) is 0 Å². The van der Waals surface area contributed by atoms with E-state index in [0.717, 1.165) is 17.7 Å². The number of hydrogen-bond acceptors (Lipinski definition) is 4. The van der Waals surface area contributed by atoms with Crippen LogP contribution in [0, 0.1) is 0 Å². The first-order valence-corrected chi connectivity index (χ1v) is 7.24. The molecule has 0 N–H and O–H groups in total. The van der Waals surface area contributed by atoms with Crippen molar-refractivity contribution in [2.75, 3.05) is 23.4 Å². The number of aromatic nitrogens is 2. The highest BCUT2D eigenvalue weighted by Crippen LogP contribution is 2.24. The van der Waals surface area contributed by atoms with E-state index < -0.39 is 0 Å². The van der Waals surface area contributed by atoms with Gasteiger partial charge in [0.15, 0.2) is 5.82 Å². The summed E-state index contributed by atoms with van der Waals surface area (Å²) in [5.74, 6) is 1.55. The average Bonchev–Trinajstić information content (AvgIpc) is 2.39. The lowest BCUT2D eigenvalue weighted by molar-refractivity contribution is 0.324. The Labute approximate surface area is 111 Å². The van der Waals surface area contributed by atoms with Gasteiger partial charge in [0, 0.05) is 17.9 Å². The second kappa shape index (κ2) is 6.19. The van der Waals surface area contributed by atoms with E-state index in [1.54, 1.807) is 6.20 Å². The minimum Gasteiger partial charge on any atom is -0.477 e. The van der Waals surface area contributed by atoms with Crippen molar-refractivity contribution >= 4 is 21.7 Å². The first kappa shape index (κ1) is 12.6. The molecule has 1 fully saturated rings. The maximum Gasteiger partial charge on any atom is 0.234 e. The molecule has 0 saturated carbocycles. The fraction of sp³-hybridized carbons (Fsp3) is 0.667. The first-order chi connectivity index (χ1) is 8.35. The summed E-state index contributed by atoms with van der Waals surface area (Å²) in [5.41, 5.74) is 0. The van der Waals surface area contributed by atoms with Gasteiger partial charge in [-0.05, 0) is 26.2 Å². The maximum absolute atomic E-state index is 5.39. The molecule has 0 aromatic carbocycles. The van der Waals surface area contributed by atoms with Crippen LogP contribution in [0.25, 0.3) is 0 Å². The molecule has 1 aliphatic heterocycles. The van der Waals surface area contributed by atoms with Gasteiger partial charge in [0.25, 0.3) is 0 Å². The quantitative estimate of drug-likeness (QED) is 0.801. The van der Waals surface area contributed by atoms with Gasteiger partial charge in [-0.1, -0.05) is 15.9 Å². The van der Waals surface area contributed by atoms with Crippen LogP contribution in [0.3, 0.4) is 0 Å². The SMILES string of the molecule is CCOc1cncc(N2CCCCC2CBr)n1. The highest BCUT2D eigenvalue weighted by Gasteiger charge is 2.23. The van der Waals surface area contributed by atoms with E-state index in [0.29, 0.717) is 18.5 Å². The lowest BCUT2D eigenvalue weighted by Crippen LogP contribution is -2.41. The van der Waals surface area contributed by atoms with Gasteiger partial charge in [0.2, 0.25) is 5.88 Å². The van der Waals surface area contributed by atoms with Crippen molar-refractivity contribution in [1.29, 1.82) is 0 Å². The third-order valence-corrected chi connectivity index (χ3v) is 3.74. The standard InChI is InChI=1S/C12H18BrN3O/c1-2-17-12-9-14-8-11(15-12)16-6-4-3-5-10(16)7-13/h8-10H,2-7H2,1H3. The smallest absolute Gasteiger partial charge is 0.234 e. The van der Waals surface area contributed by atoms with Crippen LogP contribution < -0.4 is 9.64 Å². The summed E-state index contributed by atoms with van der Waals surface area (Å²) < 4.78 is 5.39. The van der Waals surface area contributed by atoms with Crippen LogP contribution in [0.2, 0.25) is 0 Å². The number of piperidine rings is 1. The van der Waals surface area contributed by atoms with Crippen LogP contribution >= 0.6 is 15.9 Å². The van der Waals surface area contributed by atoms with Crippen molar-refractivity contribution in [3.8, 4) is 5.88 Å². The Bertz CT molecular complexity index is 361. The minimum atomic E-state index is 0.523. The van der Waals surface area contributed by atoms with Crippen molar-refractivity contribution in [3.63, 3.8) is 0 Å². The monoisotopic (exact) mass is 299 g/mol. The van der Waals surface area contributed by atoms with Crippen molar-refractivity contribution in [2.24, 2.45) is 0 Å². The molecule has 1 aliphatic rings. The topological polar surface area (TPSA) is 38.2 Å². The number of alkyl halides is 1. The third-order valence-electron chi connectivity index (χ3n) is 2.99. The summed E-state index contributed by atoms with van der Waals surface area (Å²) in [5, 5.41) is 0.980. The van der Waals surface area contributed by atoms with Crippen LogP contribution in [-0.4, -0.2) is 34.5 Å². The minimum absolute atomic E-state index is 0.523. The second-order valence-electron chi connectivity index (χ2n) is 4.15. The van der Waals surface area contributed by atoms with Crippen molar-refractivity contribution in [3.05, 3.63) is 12.4 Å². The van der Waals surface area contributed by atoms with Crippen molar-refractivity contribution < 1.29 is 4.74 Å². The summed E-state index contributed by atoms with van der Waals surface area (Å²) in [6.45, 7) is 3.64. The molecule has 2 rings (SSSR count). The highest BCUT2D eigenvalue weighted by molar-refractivity contribution is 9.09. The Morgan fingerprint density at radius 1 is 1.47 bits per heavy atom. The zero-order valence-electron chi connectivity index (χ0n) is 10.1. The Morgan fingerprint density at radius 3 is 3.12 bits per heavy atom. The summed E-state index contributed by atoms with van der Waals surface area (Å²) in [6.07, 6.45) is 7.23. The molecule has 1 unspecified atom stereocenters. The molecular formula is C12H18BrN3O. The van der Waals surface area contributed by atoms with Crippen LogP contribution in [0.15, 0.2) is 12.4 Å². The zero-order valence-corrected chi connectivity index (χ0v) is 11.7. The predicted molar refractivity (Wildman–Crippen MR) is 72.0 cm³/mol. The molecule has 0 aliphatic carbocycles. The van der Waals surface area contributed by atoms with Crippen LogP contribution in [0.5, 0.6) is 5.88 Å². The van der Waals surface area contributed by atoms with Gasteiger partial charge in [0.1, 0.15) is 0 Å². The number of halogens is 1. The number of nitrogens with zero attached hydrogens (tertiary/aromatic N) is 3. The normalized spacial score (nSPS) is 20.4. The lowest BCUT2D eigenvalue weighted by atomic mass is 10.0. The molecule has 1 atom stereocenters. The number of ether oxygens (including phenoxy) is 1. The van der Waals surface area contributed by atoms with E-state index >= 15 is 0 Å². The lowest BCUT2D eigenvalue weighted by Gasteiger charge is -2.35. The average molecular weight is 300 g/mol. The molecule has 1 aromatic heterocycles. The second-order valence-corrected chi connectivity index (χ2v) is 4.79. The van der Waals surface area contributed by atoms with E-state index in [-0.39, 0.29) is 0 Å². The molecule has 1 saturated heterocycles. The number of hydrogen-bond donors (Lipinski definition) is 0. The van der Waals surface area contributed by atoms with E-state index in [9.17, 15) is 0 Å². The van der Waals surface area contributed by atoms with Gasteiger partial charge >= 0.3 is 0 Å². The zero-order chi connectivity index (χ0) is 12.1. The molecule has 0 amide bonds. The predicted octanol–water partition coefficient (Wildman–Crippen LogP) is 2.63. The molecule has 2 heterocycles. The Balaban J connectivity index is 2.16. The third kappa shape index (κ3) is 3.09. The number of anilines is 1. The fourth-order valence-corrected chi connectivity index (χ4v) is 2.83. The largest absolute Gasteiger partial charge is 0.477 e. The molecule has 17 heavy (non-hydrogen) atoms. The summed E-state index contributed by atoms with van der Waals surface area (Å²) in [4.78, 5) is 11.0. The van der Waals surface area contributed by atoms with E-state index in [2.05, 4.69) is 30.8 Å². The fourth-order valence-electron chi connectivity index (χ4n) is 2.16.